The third kappa shape index (κ3) is 2.22. The number of amides is 1. The van der Waals surface area contributed by atoms with Crippen molar-refractivity contribution in [2.24, 2.45) is 7.05 Å². The fraction of sp³-hybridized carbons (Fsp3) is 0.438. The first kappa shape index (κ1) is 13.8. The standard InChI is InChI=1S/C16H20N4O/c1-4-16(13-8-6-5-7-9-13)10-20(11-16)15(21)14-17-12(2)18-19(14)3/h5-9H,4,10-11H2,1-3H3. The Labute approximate surface area is 124 Å². The molecule has 0 saturated carbocycles. The van der Waals surface area contributed by atoms with Crippen molar-refractivity contribution in [2.45, 2.75) is 25.7 Å². The lowest BCUT2D eigenvalue weighted by Crippen LogP contribution is -2.61. The molecule has 0 aliphatic carbocycles. The van der Waals surface area contributed by atoms with Gasteiger partial charge in [0.25, 0.3) is 5.91 Å². The first-order valence-corrected chi connectivity index (χ1v) is 7.28. The number of nitrogens with zero attached hydrogens (tertiary/aromatic N) is 4. The van der Waals surface area contributed by atoms with Gasteiger partial charge in [0.1, 0.15) is 5.82 Å². The van der Waals surface area contributed by atoms with Crippen molar-refractivity contribution < 1.29 is 4.79 Å². The summed E-state index contributed by atoms with van der Waals surface area (Å²) in [5.41, 5.74) is 1.40. The van der Waals surface area contributed by atoms with Crippen LogP contribution in [0.15, 0.2) is 30.3 Å². The zero-order valence-electron chi connectivity index (χ0n) is 12.7. The Morgan fingerprint density at radius 2 is 1.95 bits per heavy atom. The molecule has 1 aromatic carbocycles. The van der Waals surface area contributed by atoms with Crippen molar-refractivity contribution >= 4 is 5.91 Å². The highest BCUT2D eigenvalue weighted by molar-refractivity contribution is 5.91. The molecule has 0 bridgehead atoms. The van der Waals surface area contributed by atoms with E-state index in [4.69, 9.17) is 0 Å². The lowest BCUT2D eigenvalue weighted by Gasteiger charge is -2.50. The number of carbonyl (C=O) groups is 1. The van der Waals surface area contributed by atoms with Crippen LogP contribution in [0.5, 0.6) is 0 Å². The summed E-state index contributed by atoms with van der Waals surface area (Å²) >= 11 is 0. The normalized spacial score (nSPS) is 16.6. The number of carbonyl (C=O) groups excluding carboxylic acids is 1. The molecule has 0 unspecified atom stereocenters. The van der Waals surface area contributed by atoms with E-state index in [1.54, 1.807) is 18.7 Å². The summed E-state index contributed by atoms with van der Waals surface area (Å²) in [5.74, 6) is 1.02. The van der Waals surface area contributed by atoms with Gasteiger partial charge in [0.05, 0.1) is 0 Å². The van der Waals surface area contributed by atoms with Crippen molar-refractivity contribution in [3.8, 4) is 0 Å². The van der Waals surface area contributed by atoms with Gasteiger partial charge < -0.3 is 4.90 Å². The van der Waals surface area contributed by atoms with Gasteiger partial charge in [0, 0.05) is 25.6 Å². The minimum Gasteiger partial charge on any atom is -0.334 e. The summed E-state index contributed by atoms with van der Waals surface area (Å²) in [7, 11) is 1.76. The summed E-state index contributed by atoms with van der Waals surface area (Å²) < 4.78 is 1.56. The number of aryl methyl sites for hydroxylation is 2. The molecule has 0 N–H and O–H groups in total. The maximum atomic E-state index is 12.5. The molecule has 5 heteroatoms. The average molecular weight is 284 g/mol. The third-order valence-electron chi connectivity index (χ3n) is 4.40. The third-order valence-corrected chi connectivity index (χ3v) is 4.40. The minimum absolute atomic E-state index is 0.0295. The Bertz CT molecular complexity index is 656. The molecule has 1 fully saturated rings. The highest BCUT2D eigenvalue weighted by Gasteiger charge is 2.45. The van der Waals surface area contributed by atoms with Crippen LogP contribution >= 0.6 is 0 Å². The molecule has 1 saturated heterocycles. The number of hydrogen-bond donors (Lipinski definition) is 0. The topological polar surface area (TPSA) is 51.0 Å². The Morgan fingerprint density at radius 3 is 2.48 bits per heavy atom. The van der Waals surface area contributed by atoms with Crippen LogP contribution in [0.1, 0.15) is 35.4 Å². The van der Waals surface area contributed by atoms with Crippen LogP contribution in [0.25, 0.3) is 0 Å². The van der Waals surface area contributed by atoms with Crippen LogP contribution in [0.3, 0.4) is 0 Å². The lowest BCUT2D eigenvalue weighted by atomic mass is 9.71. The maximum Gasteiger partial charge on any atom is 0.291 e. The van der Waals surface area contributed by atoms with Crippen LogP contribution in [-0.4, -0.2) is 38.7 Å². The van der Waals surface area contributed by atoms with Crippen LogP contribution in [0.2, 0.25) is 0 Å². The highest BCUT2D eigenvalue weighted by atomic mass is 16.2. The van der Waals surface area contributed by atoms with Crippen molar-refractivity contribution in [1.29, 1.82) is 0 Å². The molecule has 1 aliphatic rings. The van der Waals surface area contributed by atoms with Crippen LogP contribution in [0.4, 0.5) is 0 Å². The highest BCUT2D eigenvalue weighted by Crippen LogP contribution is 2.38. The zero-order chi connectivity index (χ0) is 15.0. The van der Waals surface area contributed by atoms with Crippen LogP contribution in [-0.2, 0) is 12.5 Å². The van der Waals surface area contributed by atoms with Crippen molar-refractivity contribution in [1.82, 2.24) is 19.7 Å². The van der Waals surface area contributed by atoms with E-state index in [0.29, 0.717) is 11.6 Å². The van der Waals surface area contributed by atoms with E-state index in [9.17, 15) is 4.79 Å². The predicted molar refractivity (Wildman–Crippen MR) is 80.1 cm³/mol. The fourth-order valence-electron chi connectivity index (χ4n) is 3.07. The second-order valence-corrected chi connectivity index (χ2v) is 5.77. The van der Waals surface area contributed by atoms with Gasteiger partial charge >= 0.3 is 0 Å². The van der Waals surface area contributed by atoms with Gasteiger partial charge in [-0.3, -0.25) is 4.79 Å². The van der Waals surface area contributed by atoms with Crippen molar-refractivity contribution in [3.63, 3.8) is 0 Å². The molecule has 110 valence electrons. The number of hydrogen-bond acceptors (Lipinski definition) is 3. The van der Waals surface area contributed by atoms with Gasteiger partial charge in [0.15, 0.2) is 0 Å². The van der Waals surface area contributed by atoms with E-state index in [-0.39, 0.29) is 11.3 Å². The molecule has 0 spiro atoms. The van der Waals surface area contributed by atoms with Gasteiger partial charge in [-0.1, -0.05) is 37.3 Å². The molecule has 1 aliphatic heterocycles. The van der Waals surface area contributed by atoms with E-state index >= 15 is 0 Å². The van der Waals surface area contributed by atoms with Gasteiger partial charge in [-0.2, -0.15) is 5.10 Å². The Balaban J connectivity index is 1.78. The first-order chi connectivity index (χ1) is 10.1. The molecular formula is C16H20N4O. The van der Waals surface area contributed by atoms with Crippen LogP contribution < -0.4 is 0 Å². The second kappa shape index (κ2) is 4.98. The zero-order valence-corrected chi connectivity index (χ0v) is 12.7. The van der Waals surface area contributed by atoms with Gasteiger partial charge in [-0.15, -0.1) is 0 Å². The number of rotatable bonds is 3. The number of aromatic nitrogens is 3. The molecule has 5 nitrogen and oxygen atoms in total. The second-order valence-electron chi connectivity index (χ2n) is 5.77. The van der Waals surface area contributed by atoms with E-state index < -0.39 is 0 Å². The SMILES string of the molecule is CCC1(c2ccccc2)CN(C(=O)c2nc(C)nn2C)C1. The monoisotopic (exact) mass is 284 g/mol. The molecule has 0 radical (unpaired) electrons. The lowest BCUT2D eigenvalue weighted by molar-refractivity contribution is 0.0359. The first-order valence-electron chi connectivity index (χ1n) is 7.28. The molecular weight excluding hydrogens is 264 g/mol. The van der Waals surface area contributed by atoms with Crippen molar-refractivity contribution in [2.75, 3.05) is 13.1 Å². The fourth-order valence-corrected chi connectivity index (χ4v) is 3.07. The summed E-state index contributed by atoms with van der Waals surface area (Å²) in [6.45, 7) is 5.48. The molecule has 2 aromatic rings. The van der Waals surface area contributed by atoms with Gasteiger partial charge in [-0.25, -0.2) is 9.67 Å². The molecule has 2 heterocycles. The summed E-state index contributed by atoms with van der Waals surface area (Å²) in [6, 6.07) is 10.4. The Hall–Kier alpha value is -2.17. The largest absolute Gasteiger partial charge is 0.334 e. The van der Waals surface area contributed by atoms with E-state index in [1.165, 1.54) is 5.56 Å². The Morgan fingerprint density at radius 1 is 1.29 bits per heavy atom. The van der Waals surface area contributed by atoms with Crippen LogP contribution in [0, 0.1) is 6.92 Å². The van der Waals surface area contributed by atoms with E-state index in [1.807, 2.05) is 11.0 Å². The maximum absolute atomic E-state index is 12.5. The van der Waals surface area contributed by atoms with Gasteiger partial charge in [0.2, 0.25) is 5.82 Å². The molecule has 3 rings (SSSR count). The van der Waals surface area contributed by atoms with E-state index in [0.717, 1.165) is 19.5 Å². The Kier molecular flexibility index (Phi) is 3.27. The molecule has 0 atom stereocenters. The molecule has 21 heavy (non-hydrogen) atoms. The predicted octanol–water partition coefficient (Wildman–Crippen LogP) is 1.93. The smallest absolute Gasteiger partial charge is 0.291 e. The number of benzene rings is 1. The van der Waals surface area contributed by atoms with E-state index in [2.05, 4.69) is 41.3 Å². The quantitative estimate of drug-likeness (QED) is 0.865. The van der Waals surface area contributed by atoms with Crippen molar-refractivity contribution in [3.05, 3.63) is 47.5 Å². The molecule has 1 amide bonds. The van der Waals surface area contributed by atoms with Gasteiger partial charge in [-0.05, 0) is 18.9 Å². The summed E-state index contributed by atoms with van der Waals surface area (Å²) in [5, 5.41) is 4.15. The summed E-state index contributed by atoms with van der Waals surface area (Å²) in [6.07, 6.45) is 1.03. The summed E-state index contributed by atoms with van der Waals surface area (Å²) in [4.78, 5) is 18.6. The molecule has 1 aromatic heterocycles. The number of likely N-dealkylation sites (tertiary alicyclic amines) is 1. The average Bonchev–Trinajstić information content (AvgIpc) is 2.78. The minimum atomic E-state index is -0.0295.